The summed E-state index contributed by atoms with van der Waals surface area (Å²) in [5.74, 6) is -4.55. The molecule has 0 bridgehead atoms. The molecule has 1 aliphatic rings. The van der Waals surface area contributed by atoms with Crippen LogP contribution in [-0.2, 0) is 9.59 Å². The van der Waals surface area contributed by atoms with Crippen LogP contribution in [0.4, 0.5) is 13.2 Å². The molecule has 8 heteroatoms. The molecule has 1 fully saturated rings. The molecule has 1 saturated heterocycles. The van der Waals surface area contributed by atoms with Crippen LogP contribution >= 0.6 is 0 Å². The molecule has 0 saturated carbocycles. The number of carbonyl (C=O) groups is 2. The zero-order valence-electron chi connectivity index (χ0n) is 10.5. The van der Waals surface area contributed by atoms with Crippen LogP contribution in [0.3, 0.4) is 0 Å². The van der Waals surface area contributed by atoms with Crippen molar-refractivity contribution in [2.45, 2.75) is 19.0 Å². The van der Waals surface area contributed by atoms with Crippen LogP contribution in [0.2, 0.25) is 0 Å². The molecule has 0 radical (unpaired) electrons. The molecule has 1 rings (SSSR count). The molecule has 1 atom stereocenters. The number of nitrogens with one attached hydrogen (secondary N) is 1. The lowest BCUT2D eigenvalue weighted by Gasteiger charge is -2.32. The third-order valence-electron chi connectivity index (χ3n) is 3.34. The van der Waals surface area contributed by atoms with Gasteiger partial charge in [-0.2, -0.15) is 13.2 Å². The Labute approximate surface area is 108 Å². The van der Waals surface area contributed by atoms with Gasteiger partial charge in [-0.1, -0.05) is 0 Å². The van der Waals surface area contributed by atoms with Gasteiger partial charge < -0.3 is 15.3 Å². The van der Waals surface area contributed by atoms with E-state index in [1.54, 1.807) is 0 Å². The molecule has 0 aromatic carbocycles. The number of rotatable bonds is 4. The fourth-order valence-electron chi connectivity index (χ4n) is 2.16. The molecule has 5 nitrogen and oxygen atoms in total. The Balaban J connectivity index is 2.52. The number of piperidine rings is 1. The normalized spacial score (nSPS) is 20.0. The summed E-state index contributed by atoms with van der Waals surface area (Å²) in [6.45, 7) is 0.0508. The number of hydrogen-bond acceptors (Lipinski definition) is 3. The highest BCUT2D eigenvalue weighted by molar-refractivity contribution is 5.78. The van der Waals surface area contributed by atoms with Crippen molar-refractivity contribution in [3.05, 3.63) is 0 Å². The molecule has 1 amide bonds. The number of alkyl halides is 3. The Morgan fingerprint density at radius 2 is 1.89 bits per heavy atom. The summed E-state index contributed by atoms with van der Waals surface area (Å²) in [5.41, 5.74) is 0. The smallest absolute Gasteiger partial charge is 0.403 e. The second-order valence-corrected chi connectivity index (χ2v) is 4.62. The zero-order valence-corrected chi connectivity index (χ0v) is 10.5. The van der Waals surface area contributed by atoms with E-state index in [4.69, 9.17) is 5.11 Å². The zero-order chi connectivity index (χ0) is 14.6. The van der Waals surface area contributed by atoms with Crippen molar-refractivity contribution >= 4 is 11.9 Å². The fourth-order valence-corrected chi connectivity index (χ4v) is 2.16. The van der Waals surface area contributed by atoms with Crippen LogP contribution in [-0.4, -0.2) is 54.7 Å². The van der Waals surface area contributed by atoms with E-state index in [2.05, 4.69) is 5.32 Å². The van der Waals surface area contributed by atoms with E-state index in [1.807, 2.05) is 0 Å². The summed E-state index contributed by atoms with van der Waals surface area (Å²) < 4.78 is 37.5. The highest BCUT2D eigenvalue weighted by atomic mass is 19.4. The van der Waals surface area contributed by atoms with Crippen LogP contribution in [0.5, 0.6) is 0 Å². The Kier molecular flexibility index (Phi) is 5.16. The van der Waals surface area contributed by atoms with Gasteiger partial charge in [0.15, 0.2) is 5.92 Å². The van der Waals surface area contributed by atoms with Gasteiger partial charge in [0.05, 0.1) is 0 Å². The Morgan fingerprint density at radius 1 is 1.37 bits per heavy atom. The lowest BCUT2D eigenvalue weighted by molar-refractivity contribution is -0.197. The van der Waals surface area contributed by atoms with Crippen molar-refractivity contribution < 1.29 is 27.9 Å². The second kappa shape index (κ2) is 6.23. The van der Waals surface area contributed by atoms with Gasteiger partial charge in [-0.25, -0.2) is 0 Å². The molecule has 0 aliphatic carbocycles. The SMILES string of the molecule is CNC(=O)C1CCN(CC(C(=O)O)C(F)(F)F)CC1. The number of aliphatic carboxylic acids is 1. The lowest BCUT2D eigenvalue weighted by Crippen LogP contribution is -2.46. The number of nitrogens with zero attached hydrogens (tertiary/aromatic N) is 1. The summed E-state index contributed by atoms with van der Waals surface area (Å²) in [4.78, 5) is 23.4. The summed E-state index contributed by atoms with van der Waals surface area (Å²) >= 11 is 0. The van der Waals surface area contributed by atoms with Gasteiger partial charge in [0, 0.05) is 19.5 Å². The molecular formula is C11H17F3N2O3. The van der Waals surface area contributed by atoms with Gasteiger partial charge >= 0.3 is 12.1 Å². The number of hydrogen-bond donors (Lipinski definition) is 2. The molecule has 0 aromatic rings. The quantitative estimate of drug-likeness (QED) is 0.796. The predicted octanol–water partition coefficient (Wildman–Crippen LogP) is 0.707. The molecule has 0 spiro atoms. The minimum absolute atomic E-state index is 0.120. The maximum Gasteiger partial charge on any atom is 0.403 e. The average molecular weight is 282 g/mol. The Bertz CT molecular complexity index is 339. The van der Waals surface area contributed by atoms with Crippen molar-refractivity contribution in [2.24, 2.45) is 11.8 Å². The topological polar surface area (TPSA) is 69.6 Å². The van der Waals surface area contributed by atoms with E-state index in [0.717, 1.165) is 0 Å². The van der Waals surface area contributed by atoms with Crippen LogP contribution in [0.25, 0.3) is 0 Å². The van der Waals surface area contributed by atoms with Crippen LogP contribution in [0, 0.1) is 11.8 Å². The van der Waals surface area contributed by atoms with Gasteiger partial charge in [-0.05, 0) is 25.9 Å². The first-order valence-corrected chi connectivity index (χ1v) is 5.99. The molecule has 19 heavy (non-hydrogen) atoms. The first kappa shape index (κ1) is 15.7. The standard InChI is InChI=1S/C11H17F3N2O3/c1-15-9(17)7-2-4-16(5-3-7)6-8(10(18)19)11(12,13)14/h7-8H,2-6H2,1H3,(H,15,17)(H,18,19). The number of amides is 1. The maximum absolute atomic E-state index is 12.5. The maximum atomic E-state index is 12.5. The minimum Gasteiger partial charge on any atom is -0.481 e. The molecule has 1 aliphatic heterocycles. The second-order valence-electron chi connectivity index (χ2n) is 4.62. The fraction of sp³-hybridized carbons (Fsp3) is 0.818. The molecule has 1 unspecified atom stereocenters. The molecular weight excluding hydrogens is 265 g/mol. The van der Waals surface area contributed by atoms with E-state index < -0.39 is 24.6 Å². The lowest BCUT2D eigenvalue weighted by atomic mass is 9.95. The monoisotopic (exact) mass is 282 g/mol. The van der Waals surface area contributed by atoms with Crippen LogP contribution in [0.1, 0.15) is 12.8 Å². The third-order valence-corrected chi connectivity index (χ3v) is 3.34. The minimum atomic E-state index is -4.75. The average Bonchev–Trinajstić information content (AvgIpc) is 2.34. The van der Waals surface area contributed by atoms with Crippen molar-refractivity contribution in [2.75, 3.05) is 26.7 Å². The number of carboxylic acids is 1. The summed E-state index contributed by atoms with van der Waals surface area (Å²) in [6.07, 6.45) is -3.85. The van der Waals surface area contributed by atoms with Gasteiger partial charge in [-0.3, -0.25) is 9.59 Å². The summed E-state index contributed by atoms with van der Waals surface area (Å²) in [7, 11) is 1.51. The highest BCUT2D eigenvalue weighted by Gasteiger charge is 2.46. The number of carboxylic acid groups (broad SMARTS) is 1. The Morgan fingerprint density at radius 3 is 2.26 bits per heavy atom. The van der Waals surface area contributed by atoms with Gasteiger partial charge in [0.2, 0.25) is 5.91 Å². The number of halogens is 3. The molecule has 110 valence electrons. The van der Waals surface area contributed by atoms with Crippen molar-refractivity contribution in [1.29, 1.82) is 0 Å². The third kappa shape index (κ3) is 4.38. The van der Waals surface area contributed by atoms with Crippen molar-refractivity contribution in [3.63, 3.8) is 0 Å². The first-order valence-electron chi connectivity index (χ1n) is 5.99. The van der Waals surface area contributed by atoms with E-state index >= 15 is 0 Å². The molecule has 1 heterocycles. The van der Waals surface area contributed by atoms with Gasteiger partial charge in [0.1, 0.15) is 0 Å². The summed E-state index contributed by atoms with van der Waals surface area (Å²) in [5, 5.41) is 11.1. The van der Waals surface area contributed by atoms with Gasteiger partial charge in [0.25, 0.3) is 0 Å². The molecule has 2 N–H and O–H groups in total. The Hall–Kier alpha value is -1.31. The number of likely N-dealkylation sites (tertiary alicyclic amines) is 1. The van der Waals surface area contributed by atoms with Crippen LogP contribution < -0.4 is 5.32 Å². The van der Waals surface area contributed by atoms with Gasteiger partial charge in [-0.15, -0.1) is 0 Å². The van der Waals surface area contributed by atoms with E-state index in [-0.39, 0.29) is 11.8 Å². The van der Waals surface area contributed by atoms with E-state index in [0.29, 0.717) is 25.9 Å². The van der Waals surface area contributed by atoms with Crippen molar-refractivity contribution in [3.8, 4) is 0 Å². The van der Waals surface area contributed by atoms with E-state index in [9.17, 15) is 22.8 Å². The first-order chi connectivity index (χ1) is 8.75. The highest BCUT2D eigenvalue weighted by Crippen LogP contribution is 2.28. The predicted molar refractivity (Wildman–Crippen MR) is 60.4 cm³/mol. The van der Waals surface area contributed by atoms with E-state index in [1.165, 1.54) is 11.9 Å². The number of carbonyl (C=O) groups excluding carboxylic acids is 1. The largest absolute Gasteiger partial charge is 0.481 e. The molecule has 0 aromatic heterocycles. The summed E-state index contributed by atoms with van der Waals surface area (Å²) in [6, 6.07) is 0. The van der Waals surface area contributed by atoms with Crippen molar-refractivity contribution in [1.82, 2.24) is 10.2 Å². The van der Waals surface area contributed by atoms with Crippen LogP contribution in [0.15, 0.2) is 0 Å².